The summed E-state index contributed by atoms with van der Waals surface area (Å²) in [7, 11) is 0. The van der Waals surface area contributed by atoms with E-state index in [2.05, 4.69) is 10.3 Å². The van der Waals surface area contributed by atoms with Gasteiger partial charge in [-0.3, -0.25) is 4.79 Å². The Labute approximate surface area is 127 Å². The van der Waals surface area contributed by atoms with Gasteiger partial charge in [0.05, 0.1) is 5.69 Å². The Morgan fingerprint density at radius 1 is 1.05 bits per heavy atom. The molecule has 112 valence electrons. The van der Waals surface area contributed by atoms with Gasteiger partial charge in [0.2, 0.25) is 0 Å². The van der Waals surface area contributed by atoms with E-state index >= 15 is 0 Å². The van der Waals surface area contributed by atoms with Crippen molar-refractivity contribution in [1.29, 1.82) is 0 Å². The first-order valence-corrected chi connectivity index (χ1v) is 6.56. The fourth-order valence-corrected chi connectivity index (χ4v) is 2.21. The van der Waals surface area contributed by atoms with Gasteiger partial charge in [0.1, 0.15) is 5.69 Å². The van der Waals surface area contributed by atoms with Crippen LogP contribution in [0.5, 0.6) is 0 Å². The molecule has 1 amide bonds. The predicted octanol–water partition coefficient (Wildman–Crippen LogP) is 4.49. The highest BCUT2D eigenvalue weighted by Crippen LogP contribution is 2.22. The summed E-state index contributed by atoms with van der Waals surface area (Å²) < 4.78 is 39.5. The Hall–Kier alpha value is -2.47. The number of anilines is 1. The second-order valence-electron chi connectivity index (χ2n) is 4.59. The fourth-order valence-electron chi connectivity index (χ4n) is 2.03. The Morgan fingerprint density at radius 3 is 2.59 bits per heavy atom. The van der Waals surface area contributed by atoms with Crippen molar-refractivity contribution >= 4 is 34.1 Å². The molecule has 3 nitrogen and oxygen atoms in total. The van der Waals surface area contributed by atoms with Crippen LogP contribution in [0, 0.1) is 17.5 Å². The van der Waals surface area contributed by atoms with Gasteiger partial charge in [-0.2, -0.15) is 0 Å². The third kappa shape index (κ3) is 2.53. The number of hydrogen-bond acceptors (Lipinski definition) is 1. The molecule has 2 N–H and O–H groups in total. The van der Waals surface area contributed by atoms with Crippen LogP contribution in [0.4, 0.5) is 18.9 Å². The number of hydrogen-bond donors (Lipinski definition) is 2. The highest BCUT2D eigenvalue weighted by Gasteiger charge is 2.17. The summed E-state index contributed by atoms with van der Waals surface area (Å²) in [4.78, 5) is 14.9. The predicted molar refractivity (Wildman–Crippen MR) is 77.6 cm³/mol. The number of benzene rings is 2. The van der Waals surface area contributed by atoms with Gasteiger partial charge in [0, 0.05) is 15.9 Å². The molecule has 22 heavy (non-hydrogen) atoms. The van der Waals surface area contributed by atoms with E-state index in [0.717, 1.165) is 17.5 Å². The third-order valence-corrected chi connectivity index (χ3v) is 3.35. The van der Waals surface area contributed by atoms with E-state index < -0.39 is 29.0 Å². The van der Waals surface area contributed by atoms with Gasteiger partial charge >= 0.3 is 0 Å². The number of aromatic amines is 1. The van der Waals surface area contributed by atoms with Gasteiger partial charge in [-0.15, -0.1) is 0 Å². The van der Waals surface area contributed by atoms with E-state index in [1.807, 2.05) is 0 Å². The van der Waals surface area contributed by atoms with Crippen LogP contribution in [-0.2, 0) is 0 Å². The normalized spacial score (nSPS) is 10.9. The van der Waals surface area contributed by atoms with Crippen molar-refractivity contribution in [3.63, 3.8) is 0 Å². The molecule has 0 fully saturated rings. The number of rotatable bonds is 2. The average Bonchev–Trinajstić information content (AvgIpc) is 2.91. The van der Waals surface area contributed by atoms with Gasteiger partial charge in [0.15, 0.2) is 17.5 Å². The molecule has 0 saturated heterocycles. The Balaban J connectivity index is 1.92. The minimum absolute atomic E-state index is 0.140. The number of aromatic nitrogens is 1. The third-order valence-electron chi connectivity index (χ3n) is 3.11. The molecule has 0 unspecified atom stereocenters. The van der Waals surface area contributed by atoms with Crippen molar-refractivity contribution in [2.45, 2.75) is 0 Å². The molecule has 0 spiro atoms. The van der Waals surface area contributed by atoms with Crippen molar-refractivity contribution in [2.75, 3.05) is 5.32 Å². The number of amides is 1. The van der Waals surface area contributed by atoms with Crippen molar-refractivity contribution in [3.05, 3.63) is 64.6 Å². The molecule has 0 aliphatic carbocycles. The van der Waals surface area contributed by atoms with Gasteiger partial charge < -0.3 is 10.3 Å². The van der Waals surface area contributed by atoms with E-state index in [9.17, 15) is 18.0 Å². The van der Waals surface area contributed by atoms with Crippen LogP contribution in [0.3, 0.4) is 0 Å². The van der Waals surface area contributed by atoms with Crippen LogP contribution in [0.15, 0.2) is 36.4 Å². The summed E-state index contributed by atoms with van der Waals surface area (Å²) in [6, 6.07) is 8.23. The van der Waals surface area contributed by atoms with Gasteiger partial charge in [-0.05, 0) is 30.3 Å². The summed E-state index contributed by atoms with van der Waals surface area (Å²) in [6.07, 6.45) is 0. The van der Waals surface area contributed by atoms with Gasteiger partial charge in [-0.1, -0.05) is 17.7 Å². The highest BCUT2D eigenvalue weighted by molar-refractivity contribution is 6.31. The molecule has 7 heteroatoms. The lowest BCUT2D eigenvalue weighted by Gasteiger charge is -2.06. The number of nitrogens with one attached hydrogen (secondary N) is 2. The molecule has 0 saturated carbocycles. The van der Waals surface area contributed by atoms with Gasteiger partial charge in [0.25, 0.3) is 5.91 Å². The van der Waals surface area contributed by atoms with E-state index in [1.165, 1.54) is 0 Å². The monoisotopic (exact) mass is 324 g/mol. The molecule has 0 bridgehead atoms. The zero-order valence-electron chi connectivity index (χ0n) is 10.9. The minimum atomic E-state index is -1.64. The Kier molecular flexibility index (Phi) is 3.54. The molecule has 3 aromatic rings. The molecule has 1 heterocycles. The number of halogens is 4. The summed E-state index contributed by atoms with van der Waals surface area (Å²) in [5.74, 6) is -5.10. The maximum absolute atomic E-state index is 13.5. The topological polar surface area (TPSA) is 44.9 Å². The minimum Gasteiger partial charge on any atom is -0.350 e. The first-order chi connectivity index (χ1) is 10.5. The molecular formula is C15H8ClF3N2O. The summed E-state index contributed by atoms with van der Waals surface area (Å²) in [6.45, 7) is 0. The molecule has 0 radical (unpaired) electrons. The second-order valence-corrected chi connectivity index (χ2v) is 5.03. The number of carbonyl (C=O) groups is 1. The zero-order valence-corrected chi connectivity index (χ0v) is 11.6. The van der Waals surface area contributed by atoms with Crippen molar-refractivity contribution in [3.8, 4) is 0 Å². The highest BCUT2D eigenvalue weighted by atomic mass is 35.5. The lowest BCUT2D eigenvalue weighted by Crippen LogP contribution is -2.14. The second kappa shape index (κ2) is 5.38. The Bertz CT molecular complexity index is 892. The maximum atomic E-state index is 13.5. The molecule has 1 aromatic heterocycles. The van der Waals surface area contributed by atoms with Crippen LogP contribution in [0.2, 0.25) is 5.02 Å². The standard InChI is InChI=1S/C15H8ClF3N2O/c16-8-2-1-7-5-12(20-11(7)6-8)15(22)21-10-4-3-9(17)13(18)14(10)19/h1-6,20H,(H,21,22). The molecular weight excluding hydrogens is 317 g/mol. The zero-order chi connectivity index (χ0) is 15.9. The van der Waals surface area contributed by atoms with Crippen molar-refractivity contribution in [1.82, 2.24) is 4.98 Å². The van der Waals surface area contributed by atoms with Crippen LogP contribution >= 0.6 is 11.6 Å². The SMILES string of the molecule is O=C(Nc1ccc(F)c(F)c1F)c1cc2ccc(Cl)cc2[nH]1. The van der Waals surface area contributed by atoms with E-state index in [-0.39, 0.29) is 5.69 Å². The fraction of sp³-hybridized carbons (Fsp3) is 0. The number of carbonyl (C=O) groups excluding carboxylic acids is 1. The van der Waals surface area contributed by atoms with E-state index in [1.54, 1.807) is 24.3 Å². The first-order valence-electron chi connectivity index (χ1n) is 6.19. The summed E-state index contributed by atoms with van der Waals surface area (Å²) in [5.41, 5.74) is 0.324. The quantitative estimate of drug-likeness (QED) is 0.670. The average molecular weight is 325 g/mol. The smallest absolute Gasteiger partial charge is 0.272 e. The summed E-state index contributed by atoms with van der Waals surface area (Å²) >= 11 is 5.84. The largest absolute Gasteiger partial charge is 0.350 e. The van der Waals surface area contributed by atoms with Gasteiger partial charge in [-0.25, -0.2) is 13.2 Å². The van der Waals surface area contributed by atoms with Crippen LogP contribution in [-0.4, -0.2) is 10.9 Å². The van der Waals surface area contributed by atoms with Crippen LogP contribution in [0.25, 0.3) is 10.9 Å². The number of fused-ring (bicyclic) bond motifs is 1. The molecule has 3 rings (SSSR count). The van der Waals surface area contributed by atoms with Crippen LogP contribution < -0.4 is 5.32 Å². The van der Waals surface area contributed by atoms with E-state index in [4.69, 9.17) is 11.6 Å². The molecule has 0 aliphatic heterocycles. The molecule has 0 atom stereocenters. The Morgan fingerprint density at radius 2 is 1.82 bits per heavy atom. The first kappa shape index (κ1) is 14.5. The van der Waals surface area contributed by atoms with Crippen molar-refractivity contribution < 1.29 is 18.0 Å². The molecule has 2 aromatic carbocycles. The summed E-state index contributed by atoms with van der Waals surface area (Å²) in [5, 5.41) is 3.42. The van der Waals surface area contributed by atoms with Crippen molar-refractivity contribution in [2.24, 2.45) is 0 Å². The van der Waals surface area contributed by atoms with Crippen LogP contribution in [0.1, 0.15) is 10.5 Å². The molecule has 0 aliphatic rings. The lowest BCUT2D eigenvalue weighted by molar-refractivity contribution is 0.102. The van der Waals surface area contributed by atoms with E-state index in [0.29, 0.717) is 10.5 Å². The number of H-pyrrole nitrogens is 1. The lowest BCUT2D eigenvalue weighted by atomic mass is 10.2. The maximum Gasteiger partial charge on any atom is 0.272 e.